The third-order valence-corrected chi connectivity index (χ3v) is 6.40. The Bertz CT molecular complexity index is 1120. The van der Waals surface area contributed by atoms with Crippen molar-refractivity contribution < 1.29 is 17.9 Å². The average molecular weight is 434 g/mol. The maximum absolute atomic E-state index is 13.3. The number of rotatable bonds is 4. The molecule has 0 atom stereocenters. The summed E-state index contributed by atoms with van der Waals surface area (Å²) in [5, 5.41) is 0.736. The fourth-order valence-electron chi connectivity index (χ4n) is 2.71. The fraction of sp³-hybridized carbons (Fsp3) is 0.105. The second-order valence-corrected chi connectivity index (χ2v) is 8.28. The molecule has 0 unspecified atom stereocenters. The van der Waals surface area contributed by atoms with Gasteiger partial charge in [0.1, 0.15) is 0 Å². The Morgan fingerprint density at radius 3 is 2.46 bits per heavy atom. The molecule has 0 radical (unpaired) electrons. The van der Waals surface area contributed by atoms with Gasteiger partial charge in [-0.2, -0.15) is 0 Å². The summed E-state index contributed by atoms with van der Waals surface area (Å²) in [6, 6.07) is 15.3. The first-order valence-electron chi connectivity index (χ1n) is 7.73. The van der Waals surface area contributed by atoms with E-state index < -0.39 is 16.0 Å². The third-order valence-electron chi connectivity index (χ3n) is 3.97. The van der Waals surface area contributed by atoms with Gasteiger partial charge in [-0.1, -0.05) is 40.2 Å². The van der Waals surface area contributed by atoms with Gasteiger partial charge in [0.05, 0.1) is 23.2 Å². The van der Waals surface area contributed by atoms with Crippen LogP contribution in [-0.4, -0.2) is 25.5 Å². The Kier molecular flexibility index (Phi) is 5.02. The van der Waals surface area contributed by atoms with Crippen LogP contribution in [0.4, 0.5) is 0 Å². The van der Waals surface area contributed by atoms with Crippen LogP contribution in [0.2, 0.25) is 0 Å². The van der Waals surface area contributed by atoms with Gasteiger partial charge in [0.2, 0.25) is 0 Å². The fourth-order valence-corrected chi connectivity index (χ4v) is 4.77. The summed E-state index contributed by atoms with van der Waals surface area (Å²) < 4.78 is 33.3. The van der Waals surface area contributed by atoms with Crippen molar-refractivity contribution in [2.75, 3.05) is 7.11 Å². The number of hydrogen-bond acceptors (Lipinski definition) is 4. The molecule has 26 heavy (non-hydrogen) atoms. The van der Waals surface area contributed by atoms with Crippen molar-refractivity contribution in [1.29, 1.82) is 0 Å². The molecule has 7 heteroatoms. The van der Waals surface area contributed by atoms with Gasteiger partial charge in [-0.25, -0.2) is 17.2 Å². The molecule has 0 saturated heterocycles. The average Bonchev–Trinajstić information content (AvgIpc) is 3.04. The normalized spacial score (nSPS) is 12.3. The van der Waals surface area contributed by atoms with Crippen LogP contribution in [0.15, 0.2) is 70.0 Å². The molecule has 0 spiro atoms. The summed E-state index contributed by atoms with van der Waals surface area (Å²) in [5.74, 6) is -0.546. The predicted molar refractivity (Wildman–Crippen MR) is 104 cm³/mol. The van der Waals surface area contributed by atoms with Crippen molar-refractivity contribution in [2.45, 2.75) is 11.8 Å². The Labute approximate surface area is 160 Å². The van der Waals surface area contributed by atoms with Gasteiger partial charge in [0.25, 0.3) is 10.0 Å². The highest BCUT2D eigenvalue weighted by atomic mass is 79.9. The summed E-state index contributed by atoms with van der Waals surface area (Å²) >= 11 is 3.46. The van der Waals surface area contributed by atoms with Crippen LogP contribution in [0, 0.1) is 0 Å². The lowest BCUT2D eigenvalue weighted by molar-refractivity contribution is -0.134. The lowest BCUT2D eigenvalue weighted by Gasteiger charge is -2.12. The number of carbonyl (C=O) groups excluding carboxylic acids is 1. The number of benzene rings is 2. The maximum atomic E-state index is 13.3. The Balaban J connectivity index is 2.37. The van der Waals surface area contributed by atoms with Crippen LogP contribution >= 0.6 is 15.9 Å². The summed E-state index contributed by atoms with van der Waals surface area (Å²) in [6.45, 7) is 1.68. The first-order chi connectivity index (χ1) is 12.4. The Morgan fingerprint density at radius 1 is 1.12 bits per heavy atom. The molecule has 0 aliphatic carbocycles. The lowest BCUT2D eigenvalue weighted by atomic mass is 10.2. The molecule has 0 saturated carbocycles. The van der Waals surface area contributed by atoms with Gasteiger partial charge < -0.3 is 4.74 Å². The van der Waals surface area contributed by atoms with Crippen LogP contribution < -0.4 is 0 Å². The molecule has 3 aromatic rings. The SMILES string of the molecule is COC(=O)C=C(C)c1cc2c(Br)cccc2n1S(=O)(=O)c1ccccc1. The largest absolute Gasteiger partial charge is 0.466 e. The molecule has 0 N–H and O–H groups in total. The smallest absolute Gasteiger partial charge is 0.330 e. The highest BCUT2D eigenvalue weighted by molar-refractivity contribution is 9.10. The number of hydrogen-bond donors (Lipinski definition) is 0. The predicted octanol–water partition coefficient (Wildman–Crippen LogP) is 4.22. The number of esters is 1. The molecule has 2 aromatic carbocycles. The van der Waals surface area contributed by atoms with Crippen molar-refractivity contribution >= 4 is 48.4 Å². The number of halogens is 1. The molecule has 1 heterocycles. The molecule has 1 aromatic heterocycles. The van der Waals surface area contributed by atoms with Crippen LogP contribution in [-0.2, 0) is 19.6 Å². The summed E-state index contributed by atoms with van der Waals surface area (Å²) in [4.78, 5) is 11.8. The molecule has 0 aliphatic rings. The van der Waals surface area contributed by atoms with Crippen molar-refractivity contribution in [2.24, 2.45) is 0 Å². The minimum atomic E-state index is -3.85. The van der Waals surface area contributed by atoms with E-state index in [1.165, 1.54) is 17.2 Å². The number of nitrogens with zero attached hydrogens (tertiary/aromatic N) is 1. The number of aromatic nitrogens is 1. The van der Waals surface area contributed by atoms with E-state index in [0.29, 0.717) is 16.8 Å². The summed E-state index contributed by atoms with van der Waals surface area (Å²) in [7, 11) is -2.58. The first-order valence-corrected chi connectivity index (χ1v) is 9.97. The van der Waals surface area contributed by atoms with Gasteiger partial charge in [-0.3, -0.25) is 0 Å². The van der Waals surface area contributed by atoms with Crippen molar-refractivity contribution in [3.8, 4) is 0 Å². The molecule has 0 bridgehead atoms. The second kappa shape index (κ2) is 7.09. The van der Waals surface area contributed by atoms with E-state index in [-0.39, 0.29) is 4.90 Å². The van der Waals surface area contributed by atoms with E-state index in [4.69, 9.17) is 0 Å². The zero-order valence-corrected chi connectivity index (χ0v) is 16.5. The number of fused-ring (bicyclic) bond motifs is 1. The quantitative estimate of drug-likeness (QED) is 0.456. The highest BCUT2D eigenvalue weighted by Crippen LogP contribution is 2.33. The minimum Gasteiger partial charge on any atom is -0.466 e. The molecular formula is C19H16BrNO4S. The van der Waals surface area contributed by atoms with Crippen molar-refractivity contribution in [3.05, 3.63) is 70.8 Å². The van der Waals surface area contributed by atoms with Crippen LogP contribution in [0.3, 0.4) is 0 Å². The summed E-state index contributed by atoms with van der Waals surface area (Å²) in [5.41, 5.74) is 1.41. The molecule has 0 amide bonds. The number of carbonyl (C=O) groups is 1. The van der Waals surface area contributed by atoms with E-state index in [1.54, 1.807) is 55.5 Å². The number of methoxy groups -OCH3 is 1. The minimum absolute atomic E-state index is 0.171. The van der Waals surface area contributed by atoms with E-state index in [0.717, 1.165) is 9.86 Å². The topological polar surface area (TPSA) is 65.4 Å². The van der Waals surface area contributed by atoms with E-state index in [9.17, 15) is 13.2 Å². The van der Waals surface area contributed by atoms with E-state index >= 15 is 0 Å². The van der Waals surface area contributed by atoms with Crippen molar-refractivity contribution in [1.82, 2.24) is 3.97 Å². The number of allylic oxidation sites excluding steroid dienone is 1. The zero-order chi connectivity index (χ0) is 18.9. The van der Waals surface area contributed by atoms with Gasteiger partial charge >= 0.3 is 5.97 Å². The first kappa shape index (κ1) is 18.4. The van der Waals surface area contributed by atoms with Crippen molar-refractivity contribution in [3.63, 3.8) is 0 Å². The molecule has 0 aliphatic heterocycles. The standard InChI is InChI=1S/C19H16BrNO4S/c1-13(11-19(22)25-2)18-12-15-16(20)9-6-10-17(15)21(18)26(23,24)14-7-4-3-5-8-14/h3-12H,1-2H3. The Hall–Kier alpha value is -2.38. The molecule has 134 valence electrons. The van der Waals surface area contributed by atoms with Gasteiger partial charge in [-0.05, 0) is 42.8 Å². The zero-order valence-electron chi connectivity index (χ0n) is 14.1. The lowest BCUT2D eigenvalue weighted by Crippen LogP contribution is -2.15. The van der Waals surface area contributed by atoms with Gasteiger partial charge in [0.15, 0.2) is 0 Å². The third kappa shape index (κ3) is 3.20. The molecule has 3 rings (SSSR count). The summed E-state index contributed by atoms with van der Waals surface area (Å²) in [6.07, 6.45) is 1.28. The highest BCUT2D eigenvalue weighted by Gasteiger charge is 2.24. The van der Waals surface area contributed by atoms with Crippen LogP contribution in [0.1, 0.15) is 12.6 Å². The second-order valence-electron chi connectivity index (χ2n) is 5.64. The van der Waals surface area contributed by atoms with Crippen LogP contribution in [0.25, 0.3) is 16.5 Å². The van der Waals surface area contributed by atoms with Gasteiger partial charge in [-0.15, -0.1) is 0 Å². The monoisotopic (exact) mass is 433 g/mol. The van der Waals surface area contributed by atoms with Gasteiger partial charge in [0, 0.05) is 15.9 Å². The van der Waals surface area contributed by atoms with Crippen LogP contribution in [0.5, 0.6) is 0 Å². The molecule has 5 nitrogen and oxygen atoms in total. The van der Waals surface area contributed by atoms with E-state index in [2.05, 4.69) is 20.7 Å². The Morgan fingerprint density at radius 2 is 1.81 bits per heavy atom. The van der Waals surface area contributed by atoms with E-state index in [1.807, 2.05) is 6.07 Å². The molecule has 0 fully saturated rings. The molecular weight excluding hydrogens is 418 g/mol. The maximum Gasteiger partial charge on any atom is 0.330 e. The number of ether oxygens (including phenoxy) is 1.